The largest absolute Gasteiger partial charge is 0.394 e. The number of non-ortho nitro benzene ring substituents is 1. The van der Waals surface area contributed by atoms with E-state index in [-0.39, 0.29) is 28.6 Å². The van der Waals surface area contributed by atoms with Crippen molar-refractivity contribution in [2.45, 2.75) is 24.5 Å². The molecule has 4 atom stereocenters. The van der Waals surface area contributed by atoms with E-state index >= 15 is 0 Å². The maximum absolute atomic E-state index is 12.3. The van der Waals surface area contributed by atoms with Crippen LogP contribution in [0.25, 0.3) is 11.2 Å². The molecule has 2 aromatic heterocycles. The second-order valence-electron chi connectivity index (χ2n) is 6.71. The van der Waals surface area contributed by atoms with E-state index in [0.29, 0.717) is 5.56 Å². The van der Waals surface area contributed by atoms with Crippen molar-refractivity contribution >= 4 is 22.8 Å². The minimum absolute atomic E-state index is 0.0354. The number of fused-ring (bicyclic) bond motifs is 1. The summed E-state index contributed by atoms with van der Waals surface area (Å²) < 4.78 is 6.75. The molecule has 0 unspecified atom stereocenters. The van der Waals surface area contributed by atoms with Crippen molar-refractivity contribution in [2.24, 2.45) is 0 Å². The highest BCUT2D eigenvalue weighted by Gasteiger charge is 2.45. The lowest BCUT2D eigenvalue weighted by Gasteiger charge is -2.17. The number of anilines is 1. The number of hydrogen-bond donors (Lipinski definition) is 5. The van der Waals surface area contributed by atoms with Crippen LogP contribution in [-0.4, -0.2) is 64.7 Å². The standard InChI is InChI=1S/C18H16N6O7/c19-18-21-15-12(16(28)22-18)20-11(6-3-8-1-4-9(5-2-8)24(29)30)23(15)17-14(27)13(26)10(7-25)31-17/h1-2,4-5,10,13-14,17,25-27H,7H2,(H3,19,21,22,28)/t10-,13-,14-,17-/m1/s1. The highest BCUT2D eigenvalue weighted by Crippen LogP contribution is 2.32. The number of ether oxygens (including phenoxy) is 1. The van der Waals surface area contributed by atoms with Crippen molar-refractivity contribution < 1.29 is 25.0 Å². The van der Waals surface area contributed by atoms with Gasteiger partial charge in [0.2, 0.25) is 5.95 Å². The van der Waals surface area contributed by atoms with E-state index < -0.39 is 41.6 Å². The van der Waals surface area contributed by atoms with Crippen LogP contribution in [0.2, 0.25) is 0 Å². The topological polar surface area (TPSA) is 203 Å². The van der Waals surface area contributed by atoms with Gasteiger partial charge in [-0.2, -0.15) is 4.98 Å². The van der Waals surface area contributed by atoms with Gasteiger partial charge in [-0.1, -0.05) is 5.92 Å². The summed E-state index contributed by atoms with van der Waals surface area (Å²) in [5.41, 5.74) is 5.14. The molecule has 160 valence electrons. The zero-order chi connectivity index (χ0) is 22.3. The Bertz CT molecular complexity index is 1270. The number of aromatic nitrogens is 4. The fraction of sp³-hybridized carbons (Fsp3) is 0.278. The van der Waals surface area contributed by atoms with Gasteiger partial charge in [0.15, 0.2) is 23.2 Å². The maximum Gasteiger partial charge on any atom is 0.280 e. The van der Waals surface area contributed by atoms with Crippen molar-refractivity contribution in [1.29, 1.82) is 0 Å². The van der Waals surface area contributed by atoms with Gasteiger partial charge < -0.3 is 25.8 Å². The Hall–Kier alpha value is -3.83. The molecular formula is C18H16N6O7. The molecule has 0 radical (unpaired) electrons. The van der Waals surface area contributed by atoms with Gasteiger partial charge in [-0.05, 0) is 18.1 Å². The van der Waals surface area contributed by atoms with Gasteiger partial charge in [0.1, 0.15) is 18.3 Å². The number of nitro groups is 1. The SMILES string of the molecule is Nc1nc2c(nc(C#Cc3ccc([N+](=O)[O-])cc3)n2[C@@H]2O[C@H](CO)[C@@H](O)[C@H]2O)c(=O)[nH]1. The van der Waals surface area contributed by atoms with E-state index in [4.69, 9.17) is 10.5 Å². The molecule has 1 saturated heterocycles. The summed E-state index contributed by atoms with van der Waals surface area (Å²) >= 11 is 0. The van der Waals surface area contributed by atoms with Gasteiger partial charge in [0, 0.05) is 17.7 Å². The molecule has 13 heteroatoms. The first kappa shape index (κ1) is 20.4. The van der Waals surface area contributed by atoms with Crippen LogP contribution in [0.4, 0.5) is 11.6 Å². The van der Waals surface area contributed by atoms with Gasteiger partial charge in [0.25, 0.3) is 11.2 Å². The highest BCUT2D eigenvalue weighted by atomic mass is 16.6. The number of aliphatic hydroxyl groups is 3. The van der Waals surface area contributed by atoms with E-state index in [9.17, 15) is 30.2 Å². The van der Waals surface area contributed by atoms with Crippen LogP contribution in [0.15, 0.2) is 29.1 Å². The number of aromatic amines is 1. The molecule has 31 heavy (non-hydrogen) atoms. The molecule has 3 aromatic rings. The van der Waals surface area contributed by atoms with Gasteiger partial charge in [-0.25, -0.2) is 4.98 Å². The predicted octanol–water partition coefficient (Wildman–Crippen LogP) is -1.38. The molecule has 0 spiro atoms. The van der Waals surface area contributed by atoms with Crippen molar-refractivity contribution in [3.05, 3.63) is 56.1 Å². The third-order valence-corrected chi connectivity index (χ3v) is 4.74. The van der Waals surface area contributed by atoms with Gasteiger partial charge >= 0.3 is 0 Å². The summed E-state index contributed by atoms with van der Waals surface area (Å²) in [5.74, 6) is 5.24. The van der Waals surface area contributed by atoms with Crippen LogP contribution in [-0.2, 0) is 4.74 Å². The summed E-state index contributed by atoms with van der Waals surface area (Å²) in [6.45, 7) is -0.554. The maximum atomic E-state index is 12.3. The second-order valence-corrected chi connectivity index (χ2v) is 6.71. The molecule has 1 fully saturated rings. The Kier molecular flexibility index (Phi) is 5.13. The van der Waals surface area contributed by atoms with Crippen molar-refractivity contribution in [3.8, 4) is 11.8 Å². The van der Waals surface area contributed by atoms with Gasteiger partial charge in [0.05, 0.1) is 11.5 Å². The average Bonchev–Trinajstić information content (AvgIpc) is 3.24. The minimum atomic E-state index is -1.48. The number of H-pyrrole nitrogens is 1. The lowest BCUT2D eigenvalue weighted by molar-refractivity contribution is -0.384. The molecule has 1 aromatic carbocycles. The predicted molar refractivity (Wildman–Crippen MR) is 105 cm³/mol. The third kappa shape index (κ3) is 3.60. The number of nitrogens with two attached hydrogens (primary N) is 1. The van der Waals surface area contributed by atoms with Crippen molar-refractivity contribution in [1.82, 2.24) is 19.5 Å². The normalized spacial score (nSPS) is 22.9. The number of nitrogen functional groups attached to an aromatic ring is 1. The van der Waals surface area contributed by atoms with E-state index in [1.165, 1.54) is 28.8 Å². The Balaban J connectivity index is 1.84. The van der Waals surface area contributed by atoms with Crippen LogP contribution < -0.4 is 11.3 Å². The Morgan fingerprint density at radius 3 is 2.55 bits per heavy atom. The van der Waals surface area contributed by atoms with Crippen molar-refractivity contribution in [3.63, 3.8) is 0 Å². The van der Waals surface area contributed by atoms with Gasteiger partial charge in [-0.3, -0.25) is 24.5 Å². The molecule has 0 aliphatic carbocycles. The molecule has 3 heterocycles. The lowest BCUT2D eigenvalue weighted by atomic mass is 10.1. The fourth-order valence-corrected chi connectivity index (χ4v) is 3.22. The van der Waals surface area contributed by atoms with Crippen LogP contribution >= 0.6 is 0 Å². The summed E-state index contributed by atoms with van der Waals surface area (Å²) in [5, 5.41) is 40.7. The summed E-state index contributed by atoms with van der Waals surface area (Å²) in [7, 11) is 0. The molecule has 1 aliphatic rings. The number of imidazole rings is 1. The molecule has 0 amide bonds. The highest BCUT2D eigenvalue weighted by molar-refractivity contribution is 5.73. The second kappa shape index (κ2) is 7.78. The van der Waals surface area contributed by atoms with Crippen LogP contribution in [0.5, 0.6) is 0 Å². The molecule has 0 saturated carbocycles. The Morgan fingerprint density at radius 2 is 1.94 bits per heavy atom. The number of nitro benzene ring substituents is 1. The Labute approximate surface area is 172 Å². The number of benzene rings is 1. The first-order valence-corrected chi connectivity index (χ1v) is 8.97. The van der Waals surface area contributed by atoms with E-state index in [1.54, 1.807) is 0 Å². The number of nitrogens with zero attached hydrogens (tertiary/aromatic N) is 4. The first-order valence-electron chi connectivity index (χ1n) is 8.97. The lowest BCUT2D eigenvalue weighted by Crippen LogP contribution is -2.33. The fourth-order valence-electron chi connectivity index (χ4n) is 3.22. The summed E-state index contributed by atoms with van der Waals surface area (Å²) in [6, 6.07) is 5.44. The van der Waals surface area contributed by atoms with Crippen molar-refractivity contribution in [2.75, 3.05) is 12.3 Å². The monoisotopic (exact) mass is 428 g/mol. The molecule has 4 rings (SSSR count). The van der Waals surface area contributed by atoms with Crippen LogP contribution in [0.1, 0.15) is 17.6 Å². The molecular weight excluding hydrogens is 412 g/mol. The zero-order valence-corrected chi connectivity index (χ0v) is 15.7. The smallest absolute Gasteiger partial charge is 0.280 e. The number of aliphatic hydroxyl groups excluding tert-OH is 3. The quantitative estimate of drug-likeness (QED) is 0.188. The van der Waals surface area contributed by atoms with E-state index in [2.05, 4.69) is 26.8 Å². The third-order valence-electron chi connectivity index (χ3n) is 4.74. The minimum Gasteiger partial charge on any atom is -0.394 e. The molecule has 1 aliphatic heterocycles. The number of nitrogens with one attached hydrogen (secondary N) is 1. The Morgan fingerprint density at radius 1 is 1.23 bits per heavy atom. The van der Waals surface area contributed by atoms with Crippen LogP contribution in [0.3, 0.4) is 0 Å². The molecule has 0 bridgehead atoms. The van der Waals surface area contributed by atoms with E-state index in [0.717, 1.165) is 0 Å². The van der Waals surface area contributed by atoms with E-state index in [1.807, 2.05) is 0 Å². The summed E-state index contributed by atoms with van der Waals surface area (Å²) in [4.78, 5) is 33.0. The molecule has 6 N–H and O–H groups in total. The summed E-state index contributed by atoms with van der Waals surface area (Å²) in [6.07, 6.45) is -5.21. The number of hydrogen-bond acceptors (Lipinski definition) is 10. The molecule has 13 nitrogen and oxygen atoms in total. The number of rotatable bonds is 3. The first-order chi connectivity index (χ1) is 14.8. The zero-order valence-electron chi connectivity index (χ0n) is 15.7. The van der Waals surface area contributed by atoms with Crippen LogP contribution in [0, 0.1) is 22.0 Å². The van der Waals surface area contributed by atoms with Gasteiger partial charge in [-0.15, -0.1) is 0 Å². The average molecular weight is 428 g/mol.